The number of aliphatic hydroxyl groups excluding tert-OH is 1. The number of aliphatic hydroxyl groups is 1. The van der Waals surface area contributed by atoms with Crippen molar-refractivity contribution in [1.29, 1.82) is 0 Å². The highest BCUT2D eigenvalue weighted by atomic mass is 16.4. The number of amides is 2. The topological polar surface area (TPSA) is 127 Å². The summed E-state index contributed by atoms with van der Waals surface area (Å²) in [6.07, 6.45) is 1.19. The number of fused-ring (bicyclic) bond motifs is 1. The number of hydrogen-bond acceptors (Lipinski definition) is 6. The van der Waals surface area contributed by atoms with Crippen LogP contribution >= 0.6 is 0 Å². The second kappa shape index (κ2) is 8.52. The molecule has 2 amide bonds. The summed E-state index contributed by atoms with van der Waals surface area (Å²) in [7, 11) is 0. The second-order valence-corrected chi connectivity index (χ2v) is 9.21. The molecule has 4 N–H and O–H groups in total. The Morgan fingerprint density at radius 3 is 2.09 bits per heavy atom. The molecule has 0 aliphatic carbocycles. The molecule has 4 atom stereocenters. The van der Waals surface area contributed by atoms with Gasteiger partial charge in [-0.25, -0.2) is 4.90 Å². The van der Waals surface area contributed by atoms with Crippen molar-refractivity contribution >= 4 is 23.5 Å². The fraction of sp³-hybridized carbons (Fsp3) is 0.423. The van der Waals surface area contributed by atoms with Gasteiger partial charge in [-0.2, -0.15) is 0 Å². The number of hydrogen-bond donors (Lipinski definition) is 4. The van der Waals surface area contributed by atoms with E-state index in [0.29, 0.717) is 35.2 Å². The predicted molar refractivity (Wildman–Crippen MR) is 126 cm³/mol. The number of carbonyl (C=O) groups is 3. The molecule has 2 heterocycles. The number of carboxylic acids is 1. The lowest BCUT2D eigenvalue weighted by Crippen LogP contribution is -2.58. The average molecular weight is 467 g/mol. The molecular formula is C26H30N2O6. The van der Waals surface area contributed by atoms with E-state index in [1.807, 2.05) is 32.0 Å². The lowest BCUT2D eigenvalue weighted by molar-refractivity contribution is -0.150. The number of aromatic hydroxyl groups is 1. The van der Waals surface area contributed by atoms with Gasteiger partial charge in [0, 0.05) is 6.04 Å². The Labute approximate surface area is 198 Å². The summed E-state index contributed by atoms with van der Waals surface area (Å²) in [5, 5.41) is 33.5. The lowest BCUT2D eigenvalue weighted by atomic mass is 9.79. The molecule has 2 aromatic carbocycles. The van der Waals surface area contributed by atoms with E-state index in [0.717, 1.165) is 16.0 Å². The van der Waals surface area contributed by atoms with Gasteiger partial charge < -0.3 is 15.3 Å². The Balaban J connectivity index is 1.93. The van der Waals surface area contributed by atoms with Crippen LogP contribution in [0, 0.1) is 25.7 Å². The minimum Gasteiger partial charge on any atom is -0.507 e. The van der Waals surface area contributed by atoms with Gasteiger partial charge in [-0.3, -0.25) is 19.7 Å². The van der Waals surface area contributed by atoms with Gasteiger partial charge in [0.1, 0.15) is 5.75 Å². The molecule has 0 radical (unpaired) electrons. The van der Waals surface area contributed by atoms with Crippen LogP contribution in [0.3, 0.4) is 0 Å². The minimum atomic E-state index is -2.01. The molecule has 2 fully saturated rings. The van der Waals surface area contributed by atoms with Crippen LogP contribution < -0.4 is 10.2 Å². The summed E-state index contributed by atoms with van der Waals surface area (Å²) in [6, 6.07) is 8.15. The third kappa shape index (κ3) is 3.24. The summed E-state index contributed by atoms with van der Waals surface area (Å²) in [6.45, 7) is 6.46. The van der Waals surface area contributed by atoms with Crippen molar-refractivity contribution in [3.05, 3.63) is 58.1 Å². The monoisotopic (exact) mass is 466 g/mol. The first kappa shape index (κ1) is 23.9. The quantitative estimate of drug-likeness (QED) is 0.482. The van der Waals surface area contributed by atoms with Crippen LogP contribution in [0.15, 0.2) is 30.3 Å². The number of benzene rings is 2. The maximum absolute atomic E-state index is 13.9. The van der Waals surface area contributed by atoms with Crippen molar-refractivity contribution in [2.45, 2.75) is 52.1 Å². The SMILES string of the molecule is CCc1cccc(CC)c1N1C(=O)C2C(c3cc(C)c(O)c(C)c3)NC(CO)(C(=O)O)C2C1=O. The normalized spacial score (nSPS) is 26.3. The number of nitrogens with zero attached hydrogens (tertiary/aromatic N) is 1. The van der Waals surface area contributed by atoms with E-state index in [1.54, 1.807) is 26.0 Å². The van der Waals surface area contributed by atoms with Crippen LogP contribution in [0.5, 0.6) is 5.75 Å². The highest BCUT2D eigenvalue weighted by molar-refractivity contribution is 6.25. The van der Waals surface area contributed by atoms with Crippen molar-refractivity contribution in [2.24, 2.45) is 11.8 Å². The molecule has 8 nitrogen and oxygen atoms in total. The molecule has 4 rings (SSSR count). The number of carbonyl (C=O) groups excluding carboxylic acids is 2. The molecule has 0 spiro atoms. The number of aliphatic carboxylic acids is 1. The molecule has 2 aromatic rings. The minimum absolute atomic E-state index is 0.116. The predicted octanol–water partition coefficient (Wildman–Crippen LogP) is 2.40. The highest BCUT2D eigenvalue weighted by Gasteiger charge is 2.69. The first-order chi connectivity index (χ1) is 16.1. The number of imide groups is 1. The molecule has 0 bridgehead atoms. The van der Waals surface area contributed by atoms with Gasteiger partial charge in [0.25, 0.3) is 0 Å². The summed E-state index contributed by atoms with van der Waals surface area (Å²) in [5.74, 6) is -4.68. The highest BCUT2D eigenvalue weighted by Crippen LogP contribution is 2.51. The summed E-state index contributed by atoms with van der Waals surface area (Å²) >= 11 is 0. The summed E-state index contributed by atoms with van der Waals surface area (Å²) < 4.78 is 0. The van der Waals surface area contributed by atoms with Gasteiger partial charge in [-0.15, -0.1) is 0 Å². The third-order valence-corrected chi connectivity index (χ3v) is 7.35. The maximum atomic E-state index is 13.9. The lowest BCUT2D eigenvalue weighted by Gasteiger charge is -2.30. The Morgan fingerprint density at radius 2 is 1.62 bits per heavy atom. The van der Waals surface area contributed by atoms with Crippen LogP contribution in [0.4, 0.5) is 5.69 Å². The molecular weight excluding hydrogens is 436 g/mol. The number of anilines is 1. The van der Waals surface area contributed by atoms with Crippen molar-refractivity contribution in [1.82, 2.24) is 5.32 Å². The van der Waals surface area contributed by atoms with Crippen molar-refractivity contribution in [3.63, 3.8) is 0 Å². The molecule has 8 heteroatoms. The van der Waals surface area contributed by atoms with Crippen LogP contribution in [-0.2, 0) is 27.2 Å². The van der Waals surface area contributed by atoms with E-state index in [1.165, 1.54) is 0 Å². The molecule has 34 heavy (non-hydrogen) atoms. The number of carboxylic acid groups (broad SMARTS) is 1. The van der Waals surface area contributed by atoms with E-state index in [2.05, 4.69) is 5.32 Å². The molecule has 2 saturated heterocycles. The van der Waals surface area contributed by atoms with E-state index in [9.17, 15) is 29.7 Å². The zero-order valence-corrected chi connectivity index (χ0v) is 19.8. The van der Waals surface area contributed by atoms with Gasteiger partial charge in [0.05, 0.1) is 24.1 Å². The molecule has 4 unspecified atom stereocenters. The van der Waals surface area contributed by atoms with Crippen molar-refractivity contribution < 1.29 is 29.7 Å². The Morgan fingerprint density at radius 1 is 1.06 bits per heavy atom. The van der Waals surface area contributed by atoms with E-state index < -0.39 is 47.8 Å². The molecule has 2 aliphatic heterocycles. The first-order valence-corrected chi connectivity index (χ1v) is 11.5. The van der Waals surface area contributed by atoms with Crippen molar-refractivity contribution in [3.8, 4) is 5.75 Å². The number of aryl methyl sites for hydroxylation is 4. The van der Waals surface area contributed by atoms with E-state index in [-0.39, 0.29) is 5.75 Å². The van der Waals surface area contributed by atoms with Crippen LogP contribution in [-0.4, -0.2) is 45.2 Å². The third-order valence-electron chi connectivity index (χ3n) is 7.35. The second-order valence-electron chi connectivity index (χ2n) is 9.21. The standard InChI is InChI=1S/C26H30N2O6/c1-5-15-8-7-9-16(6-2)21(15)28-23(31)18-19(24(28)32)26(12-29,25(33)34)27-20(18)17-10-13(3)22(30)14(4)11-17/h7-11,18-20,27,29-30H,5-6,12H2,1-4H3,(H,33,34). The Kier molecular flexibility index (Phi) is 5.99. The van der Waals surface area contributed by atoms with Gasteiger partial charge in [-0.05, 0) is 54.5 Å². The van der Waals surface area contributed by atoms with Crippen LogP contribution in [0.2, 0.25) is 0 Å². The van der Waals surface area contributed by atoms with Gasteiger partial charge in [0.2, 0.25) is 11.8 Å². The number of rotatable bonds is 6. The van der Waals surface area contributed by atoms with Gasteiger partial charge in [-0.1, -0.05) is 44.2 Å². The largest absolute Gasteiger partial charge is 0.507 e. The van der Waals surface area contributed by atoms with Crippen LogP contribution in [0.1, 0.15) is 47.7 Å². The number of para-hydroxylation sites is 1. The smallest absolute Gasteiger partial charge is 0.327 e. The van der Waals surface area contributed by atoms with Crippen molar-refractivity contribution in [2.75, 3.05) is 11.5 Å². The molecule has 2 aliphatic rings. The molecule has 0 saturated carbocycles. The zero-order valence-electron chi connectivity index (χ0n) is 19.8. The van der Waals surface area contributed by atoms with Gasteiger partial charge in [0.15, 0.2) is 5.54 Å². The fourth-order valence-corrected chi connectivity index (χ4v) is 5.59. The molecule has 0 aromatic heterocycles. The fourth-order valence-electron chi connectivity index (χ4n) is 5.59. The first-order valence-electron chi connectivity index (χ1n) is 11.5. The van der Waals surface area contributed by atoms with Crippen LogP contribution in [0.25, 0.3) is 0 Å². The molecule has 180 valence electrons. The maximum Gasteiger partial charge on any atom is 0.327 e. The Bertz CT molecular complexity index is 1150. The Hall–Kier alpha value is -3.23. The number of phenolic OH excluding ortho intramolecular Hbond substituents is 1. The van der Waals surface area contributed by atoms with Gasteiger partial charge >= 0.3 is 5.97 Å². The number of phenols is 1. The summed E-state index contributed by atoms with van der Waals surface area (Å²) in [4.78, 5) is 41.4. The number of nitrogens with one attached hydrogen (secondary N) is 1. The summed E-state index contributed by atoms with van der Waals surface area (Å²) in [5.41, 5.74) is 1.89. The zero-order chi connectivity index (χ0) is 24.9. The average Bonchev–Trinajstić information content (AvgIpc) is 3.30. The van der Waals surface area contributed by atoms with E-state index in [4.69, 9.17) is 0 Å². The van der Waals surface area contributed by atoms with E-state index >= 15 is 0 Å².